The average molecular weight is 348 g/mol. The first-order valence-electron chi connectivity index (χ1n) is 8.15. The Hall–Kier alpha value is -2.59. The fraction of sp³-hybridized carbons (Fsp3) is 0.143. The molecule has 0 bridgehead atoms. The third-order valence-corrected chi connectivity index (χ3v) is 4.76. The Balaban J connectivity index is 1.45. The largest absolute Gasteiger partial charge is 0.272 e. The van der Waals surface area contributed by atoms with Crippen LogP contribution in [0, 0.1) is 6.92 Å². The van der Waals surface area contributed by atoms with Gasteiger partial charge in [0.15, 0.2) is 0 Å². The standard InChI is InChI=1S/C21H20N2OS/c1-16-5-4-6-17(11-16)13-22-23-21(24)15-25-14-18-9-10-19-7-2-3-8-20(19)12-18/h2-13H,14-15H2,1H3,(H,23,24)/b22-13-. The third kappa shape index (κ3) is 5.19. The van der Waals surface area contributed by atoms with Crippen LogP contribution in [0.2, 0.25) is 0 Å². The quantitative estimate of drug-likeness (QED) is 0.525. The van der Waals surface area contributed by atoms with Crippen molar-refractivity contribution in [1.29, 1.82) is 0 Å². The average Bonchev–Trinajstić information content (AvgIpc) is 2.62. The molecule has 1 amide bonds. The molecule has 0 aliphatic carbocycles. The first-order chi connectivity index (χ1) is 12.2. The van der Waals surface area contributed by atoms with Crippen LogP contribution in [0.4, 0.5) is 0 Å². The first-order valence-corrected chi connectivity index (χ1v) is 9.30. The molecular formula is C21H20N2OS. The van der Waals surface area contributed by atoms with E-state index in [4.69, 9.17) is 0 Å². The zero-order valence-corrected chi connectivity index (χ0v) is 14.9. The summed E-state index contributed by atoms with van der Waals surface area (Å²) in [5.41, 5.74) is 5.94. The van der Waals surface area contributed by atoms with Crippen LogP contribution in [0.1, 0.15) is 16.7 Å². The molecule has 0 heterocycles. The number of rotatable bonds is 6. The molecule has 0 atom stereocenters. The van der Waals surface area contributed by atoms with E-state index >= 15 is 0 Å². The summed E-state index contributed by atoms with van der Waals surface area (Å²) in [5.74, 6) is 1.10. The van der Waals surface area contributed by atoms with E-state index in [9.17, 15) is 4.79 Å². The van der Waals surface area contributed by atoms with Crippen molar-refractivity contribution in [2.45, 2.75) is 12.7 Å². The molecule has 0 aromatic heterocycles. The summed E-state index contributed by atoms with van der Waals surface area (Å²) in [4.78, 5) is 11.9. The third-order valence-electron chi connectivity index (χ3n) is 3.76. The molecule has 0 saturated heterocycles. The highest BCUT2D eigenvalue weighted by Gasteiger charge is 2.02. The predicted molar refractivity (Wildman–Crippen MR) is 107 cm³/mol. The maximum atomic E-state index is 11.9. The number of thioether (sulfide) groups is 1. The number of amides is 1. The molecule has 1 N–H and O–H groups in total. The monoisotopic (exact) mass is 348 g/mol. The lowest BCUT2D eigenvalue weighted by Crippen LogP contribution is -2.19. The van der Waals surface area contributed by atoms with Gasteiger partial charge in [-0.15, -0.1) is 11.8 Å². The van der Waals surface area contributed by atoms with Crippen molar-refractivity contribution >= 4 is 34.7 Å². The van der Waals surface area contributed by atoms with Gasteiger partial charge in [-0.05, 0) is 28.8 Å². The molecule has 0 aliphatic rings. The van der Waals surface area contributed by atoms with Crippen LogP contribution in [0.25, 0.3) is 10.8 Å². The summed E-state index contributed by atoms with van der Waals surface area (Å²) in [6.45, 7) is 2.03. The van der Waals surface area contributed by atoms with Crippen molar-refractivity contribution in [2.24, 2.45) is 5.10 Å². The van der Waals surface area contributed by atoms with Gasteiger partial charge in [-0.2, -0.15) is 5.10 Å². The molecule has 3 nitrogen and oxygen atoms in total. The second-order valence-electron chi connectivity index (χ2n) is 5.88. The molecular weight excluding hydrogens is 328 g/mol. The Bertz CT molecular complexity index is 905. The number of hydrogen-bond donors (Lipinski definition) is 1. The lowest BCUT2D eigenvalue weighted by Gasteiger charge is -2.04. The van der Waals surface area contributed by atoms with E-state index < -0.39 is 0 Å². The number of benzene rings is 3. The van der Waals surface area contributed by atoms with Gasteiger partial charge in [0.25, 0.3) is 0 Å². The summed E-state index contributed by atoms with van der Waals surface area (Å²) >= 11 is 1.59. The molecule has 0 aliphatic heterocycles. The van der Waals surface area contributed by atoms with Gasteiger partial charge < -0.3 is 0 Å². The number of aryl methyl sites for hydroxylation is 1. The summed E-state index contributed by atoms with van der Waals surface area (Å²) in [5, 5.41) is 6.48. The second-order valence-corrected chi connectivity index (χ2v) is 6.87. The van der Waals surface area contributed by atoms with Gasteiger partial charge in [-0.1, -0.05) is 72.3 Å². The summed E-state index contributed by atoms with van der Waals surface area (Å²) < 4.78 is 0. The maximum absolute atomic E-state index is 11.9. The van der Waals surface area contributed by atoms with Crippen LogP contribution < -0.4 is 5.43 Å². The van der Waals surface area contributed by atoms with E-state index in [1.54, 1.807) is 18.0 Å². The van der Waals surface area contributed by atoms with Crippen LogP contribution in [-0.4, -0.2) is 17.9 Å². The van der Waals surface area contributed by atoms with Gasteiger partial charge in [0.05, 0.1) is 12.0 Å². The highest BCUT2D eigenvalue weighted by Crippen LogP contribution is 2.19. The van der Waals surface area contributed by atoms with Crippen LogP contribution >= 0.6 is 11.8 Å². The zero-order chi connectivity index (χ0) is 17.5. The van der Waals surface area contributed by atoms with Crippen LogP contribution in [0.3, 0.4) is 0 Å². The molecule has 4 heteroatoms. The number of nitrogens with one attached hydrogen (secondary N) is 1. The minimum Gasteiger partial charge on any atom is -0.272 e. The van der Waals surface area contributed by atoms with E-state index in [0.29, 0.717) is 5.75 Å². The zero-order valence-electron chi connectivity index (χ0n) is 14.1. The molecule has 0 fully saturated rings. The number of hydrazone groups is 1. The molecule has 0 unspecified atom stereocenters. The summed E-state index contributed by atoms with van der Waals surface area (Å²) in [6, 6.07) is 22.7. The molecule has 3 rings (SSSR count). The van der Waals surface area contributed by atoms with Crippen LogP contribution in [0.5, 0.6) is 0 Å². The number of nitrogens with zero attached hydrogens (tertiary/aromatic N) is 1. The summed E-state index contributed by atoms with van der Waals surface area (Å²) in [6.07, 6.45) is 1.67. The van der Waals surface area contributed by atoms with Gasteiger partial charge in [0.2, 0.25) is 5.91 Å². The SMILES string of the molecule is Cc1cccc(/C=N\NC(=O)CSCc2ccc3ccccc3c2)c1. The van der Waals surface area contributed by atoms with Crippen LogP contribution in [-0.2, 0) is 10.5 Å². The van der Waals surface area contributed by atoms with Crippen molar-refractivity contribution in [3.8, 4) is 0 Å². The van der Waals surface area contributed by atoms with Crippen molar-refractivity contribution in [3.05, 3.63) is 83.4 Å². The molecule has 0 spiro atoms. The molecule has 3 aromatic rings. The Morgan fingerprint density at radius 2 is 1.88 bits per heavy atom. The van der Waals surface area contributed by atoms with Gasteiger partial charge in [-0.3, -0.25) is 4.79 Å². The Morgan fingerprint density at radius 1 is 1.04 bits per heavy atom. The predicted octanol–water partition coefficient (Wildman–Crippen LogP) is 4.53. The fourth-order valence-corrected chi connectivity index (χ4v) is 3.32. The minimum atomic E-state index is -0.0882. The Labute approximate surface area is 152 Å². The van der Waals surface area contributed by atoms with Crippen molar-refractivity contribution < 1.29 is 4.79 Å². The van der Waals surface area contributed by atoms with E-state index in [-0.39, 0.29) is 5.91 Å². The van der Waals surface area contributed by atoms with E-state index in [1.807, 2.05) is 43.3 Å². The second kappa shape index (κ2) is 8.49. The van der Waals surface area contributed by atoms with Crippen molar-refractivity contribution in [1.82, 2.24) is 5.43 Å². The molecule has 0 saturated carbocycles. The summed E-state index contributed by atoms with van der Waals surface area (Å²) in [7, 11) is 0. The van der Waals surface area contributed by atoms with E-state index in [0.717, 1.165) is 11.3 Å². The maximum Gasteiger partial charge on any atom is 0.250 e. The van der Waals surface area contributed by atoms with Crippen molar-refractivity contribution in [3.63, 3.8) is 0 Å². The van der Waals surface area contributed by atoms with E-state index in [1.165, 1.54) is 21.9 Å². The fourth-order valence-electron chi connectivity index (χ4n) is 2.55. The van der Waals surface area contributed by atoms with Gasteiger partial charge >= 0.3 is 0 Å². The number of carbonyl (C=O) groups excluding carboxylic acids is 1. The molecule has 3 aromatic carbocycles. The first kappa shape index (κ1) is 17.2. The number of hydrogen-bond acceptors (Lipinski definition) is 3. The topological polar surface area (TPSA) is 41.5 Å². The van der Waals surface area contributed by atoms with Gasteiger partial charge in [0.1, 0.15) is 0 Å². The van der Waals surface area contributed by atoms with Crippen LogP contribution in [0.15, 0.2) is 71.8 Å². The number of carbonyl (C=O) groups is 1. The van der Waals surface area contributed by atoms with Gasteiger partial charge in [-0.25, -0.2) is 5.43 Å². The van der Waals surface area contributed by atoms with Crippen molar-refractivity contribution in [2.75, 3.05) is 5.75 Å². The highest BCUT2D eigenvalue weighted by atomic mass is 32.2. The Kier molecular flexibility index (Phi) is 5.86. The lowest BCUT2D eigenvalue weighted by molar-refractivity contribution is -0.118. The minimum absolute atomic E-state index is 0.0882. The Morgan fingerprint density at radius 3 is 2.72 bits per heavy atom. The lowest BCUT2D eigenvalue weighted by atomic mass is 10.1. The normalized spacial score (nSPS) is 11.1. The highest BCUT2D eigenvalue weighted by molar-refractivity contribution is 7.99. The van der Waals surface area contributed by atoms with E-state index in [2.05, 4.69) is 40.9 Å². The molecule has 25 heavy (non-hydrogen) atoms. The van der Waals surface area contributed by atoms with Gasteiger partial charge in [0, 0.05) is 5.75 Å². The molecule has 126 valence electrons. The smallest absolute Gasteiger partial charge is 0.250 e. The number of fused-ring (bicyclic) bond motifs is 1. The molecule has 0 radical (unpaired) electrons.